The maximum Gasteiger partial charge on any atom is 0.246 e. The van der Waals surface area contributed by atoms with Crippen LogP contribution in [0.25, 0.3) is 0 Å². The molecule has 1 N–H and O–H groups in total. The highest BCUT2D eigenvalue weighted by Gasteiger charge is 2.25. The van der Waals surface area contributed by atoms with E-state index in [-0.39, 0.29) is 5.91 Å². The predicted octanol–water partition coefficient (Wildman–Crippen LogP) is 4.17. The monoisotopic (exact) mass is 341 g/mol. The summed E-state index contributed by atoms with van der Waals surface area (Å²) in [5.41, 5.74) is 2.50. The van der Waals surface area contributed by atoms with Gasteiger partial charge in [0.1, 0.15) is 6.04 Å². The Morgan fingerprint density at radius 3 is 2.62 bits per heavy atom. The quantitative estimate of drug-likeness (QED) is 0.857. The number of rotatable bonds is 6. The zero-order valence-corrected chi connectivity index (χ0v) is 14.5. The van der Waals surface area contributed by atoms with Crippen molar-refractivity contribution in [2.75, 3.05) is 18.9 Å². The van der Waals surface area contributed by atoms with Crippen LogP contribution in [0, 0.1) is 18.3 Å². The summed E-state index contributed by atoms with van der Waals surface area (Å²) in [6, 6.07) is 16.6. The number of carbonyl (C=O) groups is 1. The van der Waals surface area contributed by atoms with Crippen molar-refractivity contribution >= 4 is 23.2 Å². The van der Waals surface area contributed by atoms with Crippen LogP contribution < -0.4 is 5.32 Å². The molecule has 0 fully saturated rings. The normalized spacial score (nSPS) is 11.8. The molecule has 24 heavy (non-hydrogen) atoms. The molecule has 2 rings (SSSR count). The number of nitrogens with one attached hydrogen (secondary N) is 1. The Bertz CT molecular complexity index is 740. The summed E-state index contributed by atoms with van der Waals surface area (Å²) in [6.45, 7) is 2.43. The number of halogens is 1. The molecule has 1 atom stereocenters. The van der Waals surface area contributed by atoms with Crippen LogP contribution >= 0.6 is 11.6 Å². The maximum atomic E-state index is 12.8. The molecule has 4 nitrogen and oxygen atoms in total. The first kappa shape index (κ1) is 18.0. The second-order valence-electron chi connectivity index (χ2n) is 5.66. The van der Waals surface area contributed by atoms with E-state index in [1.807, 2.05) is 61.3 Å². The Hall–Kier alpha value is -2.35. The largest absolute Gasteiger partial charge is 0.324 e. The first-order valence-electron chi connectivity index (χ1n) is 7.72. The zero-order chi connectivity index (χ0) is 17.5. The van der Waals surface area contributed by atoms with Crippen molar-refractivity contribution in [3.05, 3.63) is 64.7 Å². The molecule has 0 radical (unpaired) electrons. The summed E-state index contributed by atoms with van der Waals surface area (Å²) in [5.74, 6) is -0.151. The van der Waals surface area contributed by atoms with Gasteiger partial charge in [0.15, 0.2) is 0 Å². The van der Waals surface area contributed by atoms with E-state index in [0.717, 1.165) is 11.1 Å². The lowest BCUT2D eigenvalue weighted by Crippen LogP contribution is -2.35. The standard InChI is InChI=1S/C19H20ClN3O/c1-14-9-10-16(13-17(14)20)22-19(24)18(23(2)12-6-11-21)15-7-4-3-5-8-15/h3-5,7-10,13,18H,6,12H2,1-2H3,(H,22,24). The summed E-state index contributed by atoms with van der Waals surface area (Å²) in [7, 11) is 1.84. The van der Waals surface area contributed by atoms with Gasteiger partial charge in [0.2, 0.25) is 5.91 Å². The van der Waals surface area contributed by atoms with Crippen LogP contribution in [-0.4, -0.2) is 24.4 Å². The summed E-state index contributed by atoms with van der Waals surface area (Å²) in [5, 5.41) is 12.3. The van der Waals surface area contributed by atoms with E-state index in [1.165, 1.54) is 0 Å². The smallest absolute Gasteiger partial charge is 0.246 e. The van der Waals surface area contributed by atoms with Crippen LogP contribution in [0.3, 0.4) is 0 Å². The molecule has 0 aliphatic rings. The average Bonchev–Trinajstić information content (AvgIpc) is 2.57. The molecule has 124 valence electrons. The third-order valence-electron chi connectivity index (χ3n) is 3.82. The van der Waals surface area contributed by atoms with E-state index in [9.17, 15) is 4.79 Å². The van der Waals surface area contributed by atoms with Gasteiger partial charge in [0.25, 0.3) is 0 Å². The Morgan fingerprint density at radius 2 is 2.00 bits per heavy atom. The van der Waals surface area contributed by atoms with Crippen LogP contribution in [0.5, 0.6) is 0 Å². The first-order chi connectivity index (χ1) is 11.5. The lowest BCUT2D eigenvalue weighted by atomic mass is 10.0. The van der Waals surface area contributed by atoms with E-state index in [1.54, 1.807) is 6.07 Å². The van der Waals surface area contributed by atoms with Gasteiger partial charge in [-0.3, -0.25) is 9.69 Å². The fourth-order valence-corrected chi connectivity index (χ4v) is 2.66. The molecule has 0 aliphatic heterocycles. The van der Waals surface area contributed by atoms with E-state index in [2.05, 4.69) is 11.4 Å². The van der Waals surface area contributed by atoms with Gasteiger partial charge in [-0.15, -0.1) is 0 Å². The number of nitrogens with zero attached hydrogens (tertiary/aromatic N) is 2. The molecule has 0 heterocycles. The highest BCUT2D eigenvalue weighted by Crippen LogP contribution is 2.24. The number of nitriles is 1. The average molecular weight is 342 g/mol. The fourth-order valence-electron chi connectivity index (χ4n) is 2.48. The molecule has 0 spiro atoms. The highest BCUT2D eigenvalue weighted by atomic mass is 35.5. The molecule has 0 saturated carbocycles. The van der Waals surface area contributed by atoms with Gasteiger partial charge in [-0.1, -0.05) is 48.0 Å². The number of hydrogen-bond donors (Lipinski definition) is 1. The van der Waals surface area contributed by atoms with Crippen LogP contribution in [0.15, 0.2) is 48.5 Å². The number of benzene rings is 2. The van der Waals surface area contributed by atoms with Crippen molar-refractivity contribution in [3.8, 4) is 6.07 Å². The van der Waals surface area contributed by atoms with Gasteiger partial charge in [-0.05, 0) is 37.2 Å². The summed E-state index contributed by atoms with van der Waals surface area (Å²) >= 11 is 6.13. The minimum atomic E-state index is -0.473. The molecule has 0 aromatic heterocycles. The molecular formula is C19H20ClN3O. The SMILES string of the molecule is Cc1ccc(NC(=O)C(c2ccccc2)N(C)CCC#N)cc1Cl. The van der Waals surface area contributed by atoms with Crippen LogP contribution in [0.2, 0.25) is 5.02 Å². The van der Waals surface area contributed by atoms with Crippen LogP contribution in [0.4, 0.5) is 5.69 Å². The minimum Gasteiger partial charge on any atom is -0.324 e. The lowest BCUT2D eigenvalue weighted by Gasteiger charge is -2.27. The molecule has 0 aliphatic carbocycles. The Labute approximate surface area is 147 Å². The second-order valence-corrected chi connectivity index (χ2v) is 6.06. The number of carbonyl (C=O) groups excluding carboxylic acids is 1. The third-order valence-corrected chi connectivity index (χ3v) is 4.23. The Morgan fingerprint density at radius 1 is 1.29 bits per heavy atom. The summed E-state index contributed by atoms with van der Waals surface area (Å²) < 4.78 is 0. The molecule has 1 unspecified atom stereocenters. The summed E-state index contributed by atoms with van der Waals surface area (Å²) in [6.07, 6.45) is 0.365. The summed E-state index contributed by atoms with van der Waals surface area (Å²) in [4.78, 5) is 14.7. The van der Waals surface area contributed by atoms with Crippen molar-refractivity contribution in [1.82, 2.24) is 4.90 Å². The van der Waals surface area contributed by atoms with E-state index in [4.69, 9.17) is 16.9 Å². The van der Waals surface area contributed by atoms with Crippen molar-refractivity contribution in [1.29, 1.82) is 5.26 Å². The molecule has 0 bridgehead atoms. The Balaban J connectivity index is 2.23. The van der Waals surface area contributed by atoms with Crippen LogP contribution in [0.1, 0.15) is 23.6 Å². The predicted molar refractivity (Wildman–Crippen MR) is 96.9 cm³/mol. The fraction of sp³-hybridized carbons (Fsp3) is 0.263. The second kappa shape index (κ2) is 8.49. The van der Waals surface area contributed by atoms with Gasteiger partial charge in [-0.2, -0.15) is 5.26 Å². The number of hydrogen-bond acceptors (Lipinski definition) is 3. The number of aryl methyl sites for hydroxylation is 1. The number of likely N-dealkylation sites (N-methyl/N-ethyl adjacent to an activating group) is 1. The third kappa shape index (κ3) is 4.58. The Kier molecular flexibility index (Phi) is 6.36. The number of amides is 1. The topological polar surface area (TPSA) is 56.1 Å². The van der Waals surface area contributed by atoms with E-state index in [0.29, 0.717) is 23.7 Å². The van der Waals surface area contributed by atoms with Crippen molar-refractivity contribution in [3.63, 3.8) is 0 Å². The maximum absolute atomic E-state index is 12.8. The van der Waals surface area contributed by atoms with Gasteiger partial charge >= 0.3 is 0 Å². The van der Waals surface area contributed by atoms with Gasteiger partial charge in [0.05, 0.1) is 6.07 Å². The highest BCUT2D eigenvalue weighted by molar-refractivity contribution is 6.31. The first-order valence-corrected chi connectivity index (χ1v) is 8.10. The van der Waals surface area contributed by atoms with E-state index >= 15 is 0 Å². The van der Waals surface area contributed by atoms with Crippen molar-refractivity contribution in [2.45, 2.75) is 19.4 Å². The van der Waals surface area contributed by atoms with Crippen molar-refractivity contribution in [2.24, 2.45) is 0 Å². The number of anilines is 1. The van der Waals surface area contributed by atoms with Gasteiger partial charge < -0.3 is 5.32 Å². The molecule has 0 saturated heterocycles. The van der Waals surface area contributed by atoms with Crippen molar-refractivity contribution < 1.29 is 4.79 Å². The minimum absolute atomic E-state index is 0.151. The van der Waals surface area contributed by atoms with Gasteiger partial charge in [0, 0.05) is 23.7 Å². The van der Waals surface area contributed by atoms with Gasteiger partial charge in [-0.25, -0.2) is 0 Å². The molecule has 2 aromatic carbocycles. The lowest BCUT2D eigenvalue weighted by molar-refractivity contribution is -0.121. The molecule has 1 amide bonds. The van der Waals surface area contributed by atoms with Crippen LogP contribution in [-0.2, 0) is 4.79 Å². The molecular weight excluding hydrogens is 322 g/mol. The zero-order valence-electron chi connectivity index (χ0n) is 13.8. The van der Waals surface area contributed by atoms with E-state index < -0.39 is 6.04 Å². The molecule has 5 heteroatoms. The molecule has 2 aromatic rings.